The van der Waals surface area contributed by atoms with E-state index in [4.69, 9.17) is 0 Å². The van der Waals surface area contributed by atoms with E-state index in [0.717, 1.165) is 5.56 Å². The van der Waals surface area contributed by atoms with Crippen LogP contribution < -0.4 is 0 Å². The summed E-state index contributed by atoms with van der Waals surface area (Å²) in [5.74, 6) is 0. The molecule has 0 radical (unpaired) electrons. The summed E-state index contributed by atoms with van der Waals surface area (Å²) in [7, 11) is 0. The van der Waals surface area contributed by atoms with E-state index in [0.29, 0.717) is 5.56 Å². The Hall–Kier alpha value is -1.74. The van der Waals surface area contributed by atoms with Gasteiger partial charge in [0.1, 0.15) is 0 Å². The van der Waals surface area contributed by atoms with Crippen molar-refractivity contribution >= 4 is 13.5 Å². The number of hydrogen-bond acceptors (Lipinski definition) is 2. The summed E-state index contributed by atoms with van der Waals surface area (Å²) in [6.07, 6.45) is -11.2. The van der Waals surface area contributed by atoms with Crippen LogP contribution in [0.1, 0.15) is 55.0 Å². The fourth-order valence-electron chi connectivity index (χ4n) is 2.85. The average molecular weight is 439 g/mol. The summed E-state index contributed by atoms with van der Waals surface area (Å²) in [6, 6.07) is 9.43. The molecule has 0 fully saturated rings. The van der Waals surface area contributed by atoms with Crippen molar-refractivity contribution < 1.29 is 31.4 Å². The van der Waals surface area contributed by atoms with Gasteiger partial charge in [-0.25, -0.2) is 4.98 Å². The number of hydrogen-bond donors (Lipinski definition) is 1. The lowest BCUT2D eigenvalue weighted by Crippen LogP contribution is -2.15. The van der Waals surface area contributed by atoms with Gasteiger partial charge in [0, 0.05) is 17.5 Å². The SMILES string of the molecule is Cc1ccc(-c2ccc([C@H](O)CCCCCC(F)(F)F)c(C(F)(F)F)n2)cc1.S. The number of unbranched alkanes of at least 4 members (excludes halogenated alkanes) is 2. The Morgan fingerprint density at radius 1 is 0.897 bits per heavy atom. The molecule has 0 aliphatic rings. The number of pyridine rings is 1. The predicted molar refractivity (Wildman–Crippen MR) is 104 cm³/mol. The highest BCUT2D eigenvalue weighted by atomic mass is 32.1. The molecule has 0 saturated carbocycles. The Labute approximate surface area is 172 Å². The molecule has 2 rings (SSSR count). The third-order valence-corrected chi connectivity index (χ3v) is 4.34. The summed E-state index contributed by atoms with van der Waals surface area (Å²) in [6.45, 7) is 1.85. The van der Waals surface area contributed by atoms with E-state index in [-0.39, 0.29) is 50.4 Å². The van der Waals surface area contributed by atoms with Gasteiger partial charge in [0.15, 0.2) is 5.69 Å². The monoisotopic (exact) mass is 439 g/mol. The average Bonchev–Trinajstić information content (AvgIpc) is 2.59. The lowest BCUT2D eigenvalue weighted by molar-refractivity contribution is -0.143. The molecule has 0 aliphatic heterocycles. The van der Waals surface area contributed by atoms with Gasteiger partial charge in [0.25, 0.3) is 0 Å². The highest BCUT2D eigenvalue weighted by Crippen LogP contribution is 2.36. The van der Waals surface area contributed by atoms with Crippen molar-refractivity contribution in [2.45, 2.75) is 57.5 Å². The predicted octanol–water partition coefficient (Wildman–Crippen LogP) is 6.73. The topological polar surface area (TPSA) is 33.1 Å². The zero-order chi connectivity index (χ0) is 20.9. The van der Waals surface area contributed by atoms with E-state index >= 15 is 0 Å². The van der Waals surface area contributed by atoms with Crippen LogP contribution in [0.2, 0.25) is 0 Å². The van der Waals surface area contributed by atoms with Crippen LogP contribution in [0.3, 0.4) is 0 Å². The molecular formula is C20H23F6NOS. The summed E-state index contributed by atoms with van der Waals surface area (Å²) >= 11 is 0. The van der Waals surface area contributed by atoms with Crippen LogP contribution in [0.5, 0.6) is 0 Å². The molecule has 1 atom stereocenters. The Morgan fingerprint density at radius 3 is 2.07 bits per heavy atom. The van der Waals surface area contributed by atoms with Gasteiger partial charge >= 0.3 is 12.4 Å². The Balaban J connectivity index is 0.00000420. The fourth-order valence-corrected chi connectivity index (χ4v) is 2.85. The molecule has 162 valence electrons. The van der Waals surface area contributed by atoms with E-state index in [1.807, 2.05) is 6.92 Å². The zero-order valence-electron chi connectivity index (χ0n) is 15.7. The van der Waals surface area contributed by atoms with E-state index < -0.39 is 30.6 Å². The molecule has 29 heavy (non-hydrogen) atoms. The third-order valence-electron chi connectivity index (χ3n) is 4.34. The normalized spacial score (nSPS) is 13.1. The van der Waals surface area contributed by atoms with Gasteiger partial charge in [0.2, 0.25) is 0 Å². The summed E-state index contributed by atoms with van der Waals surface area (Å²) in [5, 5.41) is 10.2. The zero-order valence-corrected chi connectivity index (χ0v) is 16.7. The van der Waals surface area contributed by atoms with Crippen LogP contribution in [0.25, 0.3) is 11.3 Å². The second-order valence-corrected chi connectivity index (χ2v) is 6.73. The van der Waals surface area contributed by atoms with Crippen molar-refractivity contribution in [2.24, 2.45) is 0 Å². The molecular weight excluding hydrogens is 416 g/mol. The first-order valence-corrected chi connectivity index (χ1v) is 8.87. The molecule has 9 heteroatoms. The Kier molecular flexibility index (Phi) is 9.02. The minimum atomic E-state index is -4.76. The first kappa shape index (κ1) is 25.3. The van der Waals surface area contributed by atoms with Gasteiger partial charge in [-0.3, -0.25) is 0 Å². The van der Waals surface area contributed by atoms with E-state index in [1.165, 1.54) is 12.1 Å². The van der Waals surface area contributed by atoms with Crippen LogP contribution in [0.15, 0.2) is 36.4 Å². The summed E-state index contributed by atoms with van der Waals surface area (Å²) in [4.78, 5) is 3.71. The Bertz CT molecular complexity index is 774. The summed E-state index contributed by atoms with van der Waals surface area (Å²) in [5.41, 5.74) is 0.0719. The number of alkyl halides is 6. The number of halogens is 6. The molecule has 1 N–H and O–H groups in total. The number of aliphatic hydroxyl groups is 1. The maximum Gasteiger partial charge on any atom is 0.433 e. The van der Waals surface area contributed by atoms with Gasteiger partial charge in [-0.05, 0) is 25.8 Å². The molecule has 0 amide bonds. The minimum absolute atomic E-state index is 0. The van der Waals surface area contributed by atoms with Crippen molar-refractivity contribution in [3.05, 3.63) is 53.2 Å². The molecule has 0 unspecified atom stereocenters. The maximum absolute atomic E-state index is 13.4. The molecule has 0 aliphatic carbocycles. The Morgan fingerprint density at radius 2 is 1.52 bits per heavy atom. The molecule has 1 heterocycles. The van der Waals surface area contributed by atoms with E-state index in [2.05, 4.69) is 4.98 Å². The van der Waals surface area contributed by atoms with Crippen LogP contribution in [0.4, 0.5) is 26.3 Å². The number of aliphatic hydroxyl groups excluding tert-OH is 1. The van der Waals surface area contributed by atoms with Crippen molar-refractivity contribution in [3.63, 3.8) is 0 Å². The highest BCUT2D eigenvalue weighted by Gasteiger charge is 2.37. The van der Waals surface area contributed by atoms with Gasteiger partial charge in [-0.2, -0.15) is 39.8 Å². The van der Waals surface area contributed by atoms with Gasteiger partial charge in [-0.15, -0.1) is 0 Å². The maximum atomic E-state index is 13.4. The first-order valence-electron chi connectivity index (χ1n) is 8.87. The summed E-state index contributed by atoms with van der Waals surface area (Å²) < 4.78 is 76.7. The van der Waals surface area contributed by atoms with Gasteiger partial charge < -0.3 is 5.11 Å². The van der Waals surface area contributed by atoms with Crippen molar-refractivity contribution in [1.29, 1.82) is 0 Å². The number of rotatable bonds is 7. The fraction of sp³-hybridized carbons (Fsp3) is 0.450. The molecule has 0 spiro atoms. The smallest absolute Gasteiger partial charge is 0.388 e. The molecule has 0 saturated heterocycles. The van der Waals surface area contributed by atoms with Crippen LogP contribution in [-0.2, 0) is 6.18 Å². The quantitative estimate of drug-likeness (QED) is 0.383. The van der Waals surface area contributed by atoms with E-state index in [9.17, 15) is 31.4 Å². The van der Waals surface area contributed by atoms with Crippen molar-refractivity contribution in [2.75, 3.05) is 0 Å². The van der Waals surface area contributed by atoms with Crippen molar-refractivity contribution in [1.82, 2.24) is 4.98 Å². The number of aryl methyl sites for hydroxylation is 1. The largest absolute Gasteiger partial charge is 0.433 e. The van der Waals surface area contributed by atoms with Gasteiger partial charge in [0.05, 0.1) is 11.8 Å². The van der Waals surface area contributed by atoms with E-state index in [1.54, 1.807) is 24.3 Å². The van der Waals surface area contributed by atoms with Crippen LogP contribution in [-0.4, -0.2) is 16.3 Å². The number of nitrogens with zero attached hydrogens (tertiary/aromatic N) is 1. The first-order chi connectivity index (χ1) is 13.0. The lowest BCUT2D eigenvalue weighted by Gasteiger charge is -2.18. The number of aromatic nitrogens is 1. The lowest BCUT2D eigenvalue weighted by atomic mass is 9.99. The van der Waals surface area contributed by atoms with Crippen LogP contribution in [0, 0.1) is 6.92 Å². The highest BCUT2D eigenvalue weighted by molar-refractivity contribution is 7.59. The molecule has 0 bridgehead atoms. The molecule has 2 aromatic rings. The molecule has 1 aromatic carbocycles. The molecule has 1 aromatic heterocycles. The minimum Gasteiger partial charge on any atom is -0.388 e. The van der Waals surface area contributed by atoms with Crippen LogP contribution >= 0.6 is 13.5 Å². The molecule has 2 nitrogen and oxygen atoms in total. The second kappa shape index (κ2) is 10.3. The second-order valence-electron chi connectivity index (χ2n) is 6.73. The van der Waals surface area contributed by atoms with Crippen molar-refractivity contribution in [3.8, 4) is 11.3 Å². The third kappa shape index (κ3) is 7.89. The number of benzene rings is 1. The van der Waals surface area contributed by atoms with Gasteiger partial charge in [-0.1, -0.05) is 48.7 Å². The standard InChI is InChI=1S/C20H21F6NO.H2S/c1-13-6-8-14(9-7-13)16-11-10-15(18(27-16)20(24,25)26)17(28)5-3-2-4-12-19(21,22)23;/h6-11,17,28H,2-5,12H2,1H3;1H2/t17-;/m1./s1.